The van der Waals surface area contributed by atoms with E-state index in [0.717, 1.165) is 0 Å². The minimum atomic E-state index is -0.287. The third-order valence-corrected chi connectivity index (χ3v) is 4.29. The highest BCUT2D eigenvalue weighted by Gasteiger charge is 2.18. The number of hydrogen-bond acceptors (Lipinski definition) is 4. The largest absolute Gasteiger partial charge is 0.497 e. The van der Waals surface area contributed by atoms with Crippen LogP contribution in [0.1, 0.15) is 18.9 Å². The van der Waals surface area contributed by atoms with Crippen molar-refractivity contribution in [1.29, 1.82) is 0 Å². The molecule has 2 rings (SSSR count). The molecule has 0 aliphatic carbocycles. The predicted octanol–water partition coefficient (Wildman–Crippen LogP) is 2.94. The second-order valence-corrected chi connectivity index (χ2v) is 6.15. The number of nitrogens with zero attached hydrogens (tertiary/aromatic N) is 1. The van der Waals surface area contributed by atoms with Gasteiger partial charge in [-0.25, -0.2) is 4.39 Å². The summed E-state index contributed by atoms with van der Waals surface area (Å²) in [6.07, 6.45) is 0.510. The summed E-state index contributed by atoms with van der Waals surface area (Å²) >= 11 is 0. The highest BCUT2D eigenvalue weighted by Crippen LogP contribution is 2.32. The van der Waals surface area contributed by atoms with Gasteiger partial charge in [-0.2, -0.15) is 0 Å². The lowest BCUT2D eigenvalue weighted by atomic mass is 10.1. The molecule has 0 fully saturated rings. The van der Waals surface area contributed by atoms with Gasteiger partial charge in [0.1, 0.15) is 17.3 Å². The van der Waals surface area contributed by atoms with Gasteiger partial charge < -0.3 is 19.7 Å². The second-order valence-electron chi connectivity index (χ2n) is 6.15. The van der Waals surface area contributed by atoms with Crippen LogP contribution in [0.4, 0.5) is 10.1 Å². The molecule has 0 spiro atoms. The average Bonchev–Trinajstić information content (AvgIpc) is 2.69. The molecule has 0 saturated heterocycles. The Labute approximate surface area is 164 Å². The number of amides is 2. The van der Waals surface area contributed by atoms with Gasteiger partial charge in [0.2, 0.25) is 11.8 Å². The minimum absolute atomic E-state index is 0.108. The van der Waals surface area contributed by atoms with Crippen LogP contribution in [0.5, 0.6) is 11.5 Å². The van der Waals surface area contributed by atoms with E-state index >= 15 is 0 Å². The van der Waals surface area contributed by atoms with Crippen molar-refractivity contribution in [3.8, 4) is 11.5 Å². The molecule has 0 heterocycles. The monoisotopic (exact) mass is 388 g/mol. The molecule has 0 unspecified atom stereocenters. The first kappa shape index (κ1) is 21.2. The van der Waals surface area contributed by atoms with Gasteiger partial charge in [0.05, 0.1) is 19.9 Å². The summed E-state index contributed by atoms with van der Waals surface area (Å²) in [5.74, 6) is 0.368. The Balaban J connectivity index is 1.95. The molecule has 28 heavy (non-hydrogen) atoms. The Morgan fingerprint density at radius 1 is 1.11 bits per heavy atom. The fraction of sp³-hybridized carbons (Fsp3) is 0.333. The summed E-state index contributed by atoms with van der Waals surface area (Å²) in [6.45, 7) is 1.93. The van der Waals surface area contributed by atoms with Gasteiger partial charge in [0.15, 0.2) is 0 Å². The van der Waals surface area contributed by atoms with E-state index in [-0.39, 0.29) is 30.6 Å². The van der Waals surface area contributed by atoms with Crippen LogP contribution in [0.25, 0.3) is 0 Å². The van der Waals surface area contributed by atoms with Crippen LogP contribution in [0.15, 0.2) is 42.5 Å². The summed E-state index contributed by atoms with van der Waals surface area (Å²) in [6, 6.07) is 11.6. The first-order valence-corrected chi connectivity index (χ1v) is 8.96. The Morgan fingerprint density at radius 2 is 1.86 bits per heavy atom. The maximum Gasteiger partial charge on any atom is 0.223 e. The highest BCUT2D eigenvalue weighted by molar-refractivity contribution is 5.94. The van der Waals surface area contributed by atoms with Gasteiger partial charge >= 0.3 is 0 Å². The van der Waals surface area contributed by atoms with Gasteiger partial charge in [-0.1, -0.05) is 18.2 Å². The molecule has 0 aliphatic heterocycles. The Morgan fingerprint density at radius 3 is 2.50 bits per heavy atom. The Bertz CT molecular complexity index is 826. The Hall–Kier alpha value is -3.09. The van der Waals surface area contributed by atoms with E-state index in [1.165, 1.54) is 32.1 Å². The molecule has 2 aromatic rings. The number of rotatable bonds is 9. The molecule has 1 N–H and O–H groups in total. The predicted molar refractivity (Wildman–Crippen MR) is 105 cm³/mol. The lowest BCUT2D eigenvalue weighted by molar-refractivity contribution is -0.121. The van der Waals surface area contributed by atoms with Gasteiger partial charge in [0.25, 0.3) is 0 Å². The first-order valence-electron chi connectivity index (χ1n) is 8.96. The molecule has 150 valence electrons. The van der Waals surface area contributed by atoms with Crippen molar-refractivity contribution in [3.05, 3.63) is 53.8 Å². The summed E-state index contributed by atoms with van der Waals surface area (Å²) in [5.41, 5.74) is 1.09. The fourth-order valence-electron chi connectivity index (χ4n) is 2.79. The average molecular weight is 388 g/mol. The van der Waals surface area contributed by atoms with Crippen LogP contribution in [-0.2, 0) is 16.0 Å². The van der Waals surface area contributed by atoms with E-state index < -0.39 is 0 Å². The minimum Gasteiger partial charge on any atom is -0.497 e. The number of ether oxygens (including phenoxy) is 2. The van der Waals surface area contributed by atoms with E-state index in [0.29, 0.717) is 35.7 Å². The number of halogens is 1. The summed E-state index contributed by atoms with van der Waals surface area (Å²) in [4.78, 5) is 25.7. The number of nitrogens with one attached hydrogen (secondary N) is 1. The van der Waals surface area contributed by atoms with Crippen LogP contribution in [-0.4, -0.2) is 39.1 Å². The molecule has 0 atom stereocenters. The lowest BCUT2D eigenvalue weighted by Gasteiger charge is -2.23. The van der Waals surface area contributed by atoms with Crippen molar-refractivity contribution in [2.24, 2.45) is 0 Å². The van der Waals surface area contributed by atoms with Crippen LogP contribution >= 0.6 is 0 Å². The van der Waals surface area contributed by atoms with Gasteiger partial charge in [-0.3, -0.25) is 9.59 Å². The number of carbonyl (C=O) groups is 2. The van der Waals surface area contributed by atoms with Gasteiger partial charge in [-0.15, -0.1) is 0 Å². The van der Waals surface area contributed by atoms with Crippen LogP contribution in [0.2, 0.25) is 0 Å². The van der Waals surface area contributed by atoms with Crippen molar-refractivity contribution >= 4 is 17.5 Å². The van der Waals surface area contributed by atoms with Gasteiger partial charge in [0, 0.05) is 32.5 Å². The molecule has 0 bridgehead atoms. The number of hydrogen-bond donors (Lipinski definition) is 1. The van der Waals surface area contributed by atoms with E-state index in [9.17, 15) is 14.0 Å². The normalized spacial score (nSPS) is 10.3. The quantitative estimate of drug-likeness (QED) is 0.717. The summed E-state index contributed by atoms with van der Waals surface area (Å²) < 4.78 is 24.1. The molecule has 0 radical (unpaired) electrons. The summed E-state index contributed by atoms with van der Waals surface area (Å²) in [5, 5.41) is 2.76. The SMILES string of the molecule is COc1ccc(OC)c(N(CCC(=O)NCCc2ccccc2F)C(C)=O)c1. The van der Waals surface area contributed by atoms with E-state index in [1.54, 1.807) is 36.4 Å². The van der Waals surface area contributed by atoms with E-state index in [4.69, 9.17) is 9.47 Å². The zero-order valence-corrected chi connectivity index (χ0v) is 16.3. The highest BCUT2D eigenvalue weighted by atomic mass is 19.1. The van der Waals surface area contributed by atoms with Crippen molar-refractivity contribution < 1.29 is 23.5 Å². The lowest BCUT2D eigenvalue weighted by Crippen LogP contribution is -2.34. The van der Waals surface area contributed by atoms with Crippen molar-refractivity contribution in [3.63, 3.8) is 0 Å². The zero-order chi connectivity index (χ0) is 20.5. The molecule has 2 amide bonds. The molecule has 7 heteroatoms. The van der Waals surface area contributed by atoms with Crippen LogP contribution < -0.4 is 19.7 Å². The number of anilines is 1. The fourth-order valence-corrected chi connectivity index (χ4v) is 2.79. The van der Waals surface area contributed by atoms with E-state index in [2.05, 4.69) is 5.32 Å². The molecule has 0 aromatic heterocycles. The molecular formula is C21H25FN2O4. The Kier molecular flexibility index (Phi) is 7.80. The molecule has 2 aromatic carbocycles. The third-order valence-electron chi connectivity index (χ3n) is 4.29. The second kappa shape index (κ2) is 10.3. The van der Waals surface area contributed by atoms with E-state index in [1.807, 2.05) is 0 Å². The molecule has 0 aliphatic rings. The smallest absolute Gasteiger partial charge is 0.223 e. The molecule has 6 nitrogen and oxygen atoms in total. The van der Waals surface area contributed by atoms with Crippen LogP contribution in [0, 0.1) is 5.82 Å². The van der Waals surface area contributed by atoms with Crippen molar-refractivity contribution in [1.82, 2.24) is 5.32 Å². The maximum atomic E-state index is 13.6. The maximum absolute atomic E-state index is 13.6. The number of methoxy groups -OCH3 is 2. The first-order chi connectivity index (χ1) is 13.5. The topological polar surface area (TPSA) is 67.9 Å². The van der Waals surface area contributed by atoms with Crippen LogP contribution in [0.3, 0.4) is 0 Å². The molecular weight excluding hydrogens is 363 g/mol. The van der Waals surface area contributed by atoms with Crippen molar-refractivity contribution in [2.45, 2.75) is 19.8 Å². The standard InChI is InChI=1S/C21H25FN2O4/c1-15(25)24(19-14-17(27-2)8-9-20(19)28-3)13-11-21(26)23-12-10-16-6-4-5-7-18(16)22/h4-9,14H,10-13H2,1-3H3,(H,23,26). The van der Waals surface area contributed by atoms with Crippen molar-refractivity contribution in [2.75, 3.05) is 32.2 Å². The summed E-state index contributed by atoms with van der Waals surface area (Å²) in [7, 11) is 3.05. The number of carbonyl (C=O) groups excluding carboxylic acids is 2. The number of benzene rings is 2. The zero-order valence-electron chi connectivity index (χ0n) is 16.3. The molecule has 0 saturated carbocycles. The third kappa shape index (κ3) is 5.70. The van der Waals surface area contributed by atoms with Gasteiger partial charge in [-0.05, 0) is 30.2 Å².